The van der Waals surface area contributed by atoms with Gasteiger partial charge in [-0.05, 0) is 45.4 Å². The first-order chi connectivity index (χ1) is 7.83. The van der Waals surface area contributed by atoms with Gasteiger partial charge in [0.05, 0.1) is 5.60 Å². The van der Waals surface area contributed by atoms with Gasteiger partial charge in [-0.3, -0.25) is 0 Å². The van der Waals surface area contributed by atoms with Gasteiger partial charge in [-0.1, -0.05) is 12.1 Å². The van der Waals surface area contributed by atoms with E-state index in [4.69, 9.17) is 5.73 Å². The van der Waals surface area contributed by atoms with Gasteiger partial charge >= 0.3 is 0 Å². The summed E-state index contributed by atoms with van der Waals surface area (Å²) in [6.45, 7) is 9.22. The molecule has 1 rings (SSSR count). The van der Waals surface area contributed by atoms with Crippen LogP contribution < -0.4 is 10.6 Å². The monoisotopic (exact) mass is 236 g/mol. The zero-order chi connectivity index (χ0) is 13.1. The molecule has 96 valence electrons. The van der Waals surface area contributed by atoms with E-state index in [-0.39, 0.29) is 6.04 Å². The van der Waals surface area contributed by atoms with E-state index in [2.05, 4.69) is 24.0 Å². The Bertz CT molecular complexity index is 338. The van der Waals surface area contributed by atoms with Crippen LogP contribution in [0.4, 0.5) is 5.69 Å². The van der Waals surface area contributed by atoms with E-state index in [1.54, 1.807) is 0 Å². The van der Waals surface area contributed by atoms with Gasteiger partial charge in [0.25, 0.3) is 0 Å². The largest absolute Gasteiger partial charge is 0.389 e. The standard InChI is InChI=1S/C14H24N2O/c1-5-16(10-14(3,4)17)13-8-6-12(7-9-13)11(2)15/h6-9,11,17H,5,10,15H2,1-4H3/t11-/m0/s1. The van der Waals surface area contributed by atoms with Gasteiger partial charge < -0.3 is 15.7 Å². The summed E-state index contributed by atoms with van der Waals surface area (Å²) in [5, 5.41) is 9.86. The van der Waals surface area contributed by atoms with Gasteiger partial charge in [0.15, 0.2) is 0 Å². The molecule has 0 aromatic heterocycles. The number of benzene rings is 1. The second kappa shape index (κ2) is 5.52. The molecule has 0 aliphatic carbocycles. The van der Waals surface area contributed by atoms with Crippen LogP contribution in [0.1, 0.15) is 39.3 Å². The van der Waals surface area contributed by atoms with Crippen LogP contribution in [0, 0.1) is 0 Å². The van der Waals surface area contributed by atoms with Gasteiger partial charge in [0.2, 0.25) is 0 Å². The van der Waals surface area contributed by atoms with Crippen molar-refractivity contribution in [3.05, 3.63) is 29.8 Å². The van der Waals surface area contributed by atoms with Crippen molar-refractivity contribution in [1.82, 2.24) is 0 Å². The highest BCUT2D eigenvalue weighted by molar-refractivity contribution is 5.48. The lowest BCUT2D eigenvalue weighted by molar-refractivity contribution is 0.0876. The average molecular weight is 236 g/mol. The molecule has 17 heavy (non-hydrogen) atoms. The minimum Gasteiger partial charge on any atom is -0.389 e. The number of nitrogens with zero attached hydrogens (tertiary/aromatic N) is 1. The van der Waals surface area contributed by atoms with E-state index in [0.29, 0.717) is 6.54 Å². The molecule has 0 saturated heterocycles. The Morgan fingerprint density at radius 1 is 1.29 bits per heavy atom. The van der Waals surface area contributed by atoms with Crippen molar-refractivity contribution in [3.63, 3.8) is 0 Å². The van der Waals surface area contributed by atoms with Crippen LogP contribution in [-0.2, 0) is 0 Å². The second-order valence-electron chi connectivity index (χ2n) is 5.21. The van der Waals surface area contributed by atoms with E-state index in [0.717, 1.165) is 17.8 Å². The van der Waals surface area contributed by atoms with E-state index in [9.17, 15) is 5.11 Å². The highest BCUT2D eigenvalue weighted by Crippen LogP contribution is 2.19. The molecule has 1 aromatic rings. The van der Waals surface area contributed by atoms with Gasteiger partial charge in [-0.2, -0.15) is 0 Å². The molecule has 1 aromatic carbocycles. The van der Waals surface area contributed by atoms with Crippen molar-refractivity contribution in [2.24, 2.45) is 5.73 Å². The summed E-state index contributed by atoms with van der Waals surface area (Å²) in [5.41, 5.74) is 7.39. The summed E-state index contributed by atoms with van der Waals surface area (Å²) in [6.07, 6.45) is 0. The van der Waals surface area contributed by atoms with Crippen LogP contribution in [0.3, 0.4) is 0 Å². The van der Waals surface area contributed by atoms with Crippen LogP contribution in [-0.4, -0.2) is 23.8 Å². The Kier molecular flexibility index (Phi) is 4.54. The molecule has 1 atom stereocenters. The van der Waals surface area contributed by atoms with Crippen molar-refractivity contribution >= 4 is 5.69 Å². The van der Waals surface area contributed by atoms with E-state index < -0.39 is 5.60 Å². The number of rotatable bonds is 5. The first-order valence-corrected chi connectivity index (χ1v) is 6.16. The first kappa shape index (κ1) is 14.0. The van der Waals surface area contributed by atoms with Crippen molar-refractivity contribution in [2.45, 2.75) is 39.3 Å². The van der Waals surface area contributed by atoms with Gasteiger partial charge in [-0.25, -0.2) is 0 Å². The average Bonchev–Trinajstić information content (AvgIpc) is 2.25. The Hall–Kier alpha value is -1.06. The number of anilines is 1. The Labute approximate surface area is 104 Å². The SMILES string of the molecule is CCN(CC(C)(C)O)c1ccc([C@H](C)N)cc1. The van der Waals surface area contributed by atoms with Crippen LogP contribution >= 0.6 is 0 Å². The molecular formula is C14H24N2O. The zero-order valence-corrected chi connectivity index (χ0v) is 11.3. The molecular weight excluding hydrogens is 212 g/mol. The molecule has 0 radical (unpaired) electrons. The van der Waals surface area contributed by atoms with Crippen molar-refractivity contribution in [2.75, 3.05) is 18.0 Å². The van der Waals surface area contributed by atoms with Crippen LogP contribution in [0.15, 0.2) is 24.3 Å². The van der Waals surface area contributed by atoms with Crippen LogP contribution in [0.25, 0.3) is 0 Å². The number of likely N-dealkylation sites (N-methyl/N-ethyl adjacent to an activating group) is 1. The van der Waals surface area contributed by atoms with Gasteiger partial charge in [-0.15, -0.1) is 0 Å². The van der Waals surface area contributed by atoms with Crippen molar-refractivity contribution in [3.8, 4) is 0 Å². The van der Waals surface area contributed by atoms with E-state index in [1.165, 1.54) is 0 Å². The van der Waals surface area contributed by atoms with Crippen molar-refractivity contribution < 1.29 is 5.11 Å². The maximum absolute atomic E-state index is 9.86. The lowest BCUT2D eigenvalue weighted by Gasteiger charge is -2.30. The predicted molar refractivity (Wildman–Crippen MR) is 73.2 cm³/mol. The minimum atomic E-state index is -0.685. The summed E-state index contributed by atoms with van der Waals surface area (Å²) >= 11 is 0. The normalized spacial score (nSPS) is 13.5. The van der Waals surface area contributed by atoms with Crippen molar-refractivity contribution in [1.29, 1.82) is 0 Å². The topological polar surface area (TPSA) is 49.5 Å². The molecule has 0 bridgehead atoms. The quantitative estimate of drug-likeness (QED) is 0.824. The third-order valence-corrected chi connectivity index (χ3v) is 2.74. The highest BCUT2D eigenvalue weighted by atomic mass is 16.3. The Morgan fingerprint density at radius 2 is 1.82 bits per heavy atom. The number of aliphatic hydroxyl groups is 1. The lowest BCUT2D eigenvalue weighted by Crippen LogP contribution is -2.38. The lowest BCUT2D eigenvalue weighted by atomic mass is 10.1. The summed E-state index contributed by atoms with van der Waals surface area (Å²) in [5.74, 6) is 0. The fourth-order valence-corrected chi connectivity index (χ4v) is 1.84. The first-order valence-electron chi connectivity index (χ1n) is 6.16. The number of hydrogen-bond acceptors (Lipinski definition) is 3. The van der Waals surface area contributed by atoms with Gasteiger partial charge in [0, 0.05) is 24.8 Å². The smallest absolute Gasteiger partial charge is 0.0765 e. The minimum absolute atomic E-state index is 0.0633. The fraction of sp³-hybridized carbons (Fsp3) is 0.571. The highest BCUT2D eigenvalue weighted by Gasteiger charge is 2.17. The second-order valence-corrected chi connectivity index (χ2v) is 5.21. The maximum Gasteiger partial charge on any atom is 0.0765 e. The zero-order valence-electron chi connectivity index (χ0n) is 11.3. The van der Waals surface area contributed by atoms with E-state index >= 15 is 0 Å². The molecule has 3 heteroatoms. The van der Waals surface area contributed by atoms with Crippen LogP contribution in [0.5, 0.6) is 0 Å². The fourth-order valence-electron chi connectivity index (χ4n) is 1.84. The Morgan fingerprint density at radius 3 is 2.18 bits per heavy atom. The summed E-state index contributed by atoms with van der Waals surface area (Å²) in [4.78, 5) is 2.16. The van der Waals surface area contributed by atoms with Gasteiger partial charge in [0.1, 0.15) is 0 Å². The predicted octanol–water partition coefficient (Wildman–Crippen LogP) is 2.30. The summed E-state index contributed by atoms with van der Waals surface area (Å²) in [7, 11) is 0. The third-order valence-electron chi connectivity index (χ3n) is 2.74. The number of nitrogens with two attached hydrogens (primary N) is 1. The Balaban J connectivity index is 2.82. The molecule has 0 fully saturated rings. The molecule has 0 aliphatic rings. The summed E-state index contributed by atoms with van der Waals surface area (Å²) in [6, 6.07) is 8.29. The molecule has 3 N–H and O–H groups in total. The third kappa shape index (κ3) is 4.36. The molecule has 0 heterocycles. The maximum atomic E-state index is 9.86. The van der Waals surface area contributed by atoms with Crippen LogP contribution in [0.2, 0.25) is 0 Å². The molecule has 0 spiro atoms. The molecule has 0 unspecified atom stereocenters. The molecule has 3 nitrogen and oxygen atoms in total. The molecule has 0 amide bonds. The number of hydrogen-bond donors (Lipinski definition) is 2. The molecule has 0 saturated carbocycles. The molecule has 0 aliphatic heterocycles. The van der Waals surface area contributed by atoms with E-state index in [1.807, 2.05) is 32.9 Å². The summed E-state index contributed by atoms with van der Waals surface area (Å²) < 4.78 is 0.